The molecule has 11 aromatic rings. The second-order valence-electron chi connectivity index (χ2n) is 12.5. The zero-order chi connectivity index (χ0) is 31.3. The number of anilines is 3. The Labute approximate surface area is 284 Å². The number of thiophene rings is 2. The Morgan fingerprint density at radius 2 is 0.833 bits per heavy atom. The van der Waals surface area contributed by atoms with Crippen LogP contribution >= 0.6 is 22.7 Å². The standard InChI is InChI=1S/C44H26N2S2/c1-3-12-27(13-4-1)45(28-14-5-2-6-15-28)29-16-11-17-30(24-29)46-35-25-39-41(31-18-7-9-20-37(31)47-39)33-22-23-34-42-32-19-8-10-21-38(32)48-40(42)26-36(46)44(34)43(33)35/h1-26H. The zero-order valence-corrected chi connectivity index (χ0v) is 27.4. The van der Waals surface area contributed by atoms with Crippen LogP contribution in [-0.4, -0.2) is 4.57 Å². The molecular formula is C44H26N2S2. The molecule has 0 saturated heterocycles. The second-order valence-corrected chi connectivity index (χ2v) is 14.7. The summed E-state index contributed by atoms with van der Waals surface area (Å²) in [5, 5.41) is 10.8. The summed E-state index contributed by atoms with van der Waals surface area (Å²) in [7, 11) is 0. The van der Waals surface area contributed by atoms with E-state index in [1.54, 1.807) is 0 Å². The number of para-hydroxylation sites is 2. The van der Waals surface area contributed by atoms with Crippen molar-refractivity contribution in [2.24, 2.45) is 0 Å². The topological polar surface area (TPSA) is 8.17 Å². The molecule has 0 atom stereocenters. The maximum absolute atomic E-state index is 2.52. The molecule has 0 N–H and O–H groups in total. The maximum Gasteiger partial charge on any atom is 0.0561 e. The van der Waals surface area contributed by atoms with E-state index < -0.39 is 0 Å². The minimum Gasteiger partial charge on any atom is -0.310 e. The van der Waals surface area contributed by atoms with Gasteiger partial charge < -0.3 is 9.47 Å². The Hall–Kier alpha value is -5.68. The third kappa shape index (κ3) is 3.61. The van der Waals surface area contributed by atoms with Crippen LogP contribution in [0, 0.1) is 0 Å². The molecule has 3 aromatic heterocycles. The lowest BCUT2D eigenvalue weighted by Gasteiger charge is -2.26. The van der Waals surface area contributed by atoms with Gasteiger partial charge in [-0.1, -0.05) is 91.0 Å². The van der Waals surface area contributed by atoms with E-state index in [9.17, 15) is 0 Å². The van der Waals surface area contributed by atoms with Crippen LogP contribution in [0.3, 0.4) is 0 Å². The summed E-state index contributed by atoms with van der Waals surface area (Å²) in [6, 6.07) is 57.8. The van der Waals surface area contributed by atoms with Crippen LogP contribution in [0.15, 0.2) is 158 Å². The van der Waals surface area contributed by atoms with E-state index in [2.05, 4.69) is 167 Å². The predicted octanol–water partition coefficient (Wildman–Crippen LogP) is 13.6. The van der Waals surface area contributed by atoms with Gasteiger partial charge in [0.2, 0.25) is 0 Å². The number of fused-ring (bicyclic) bond motifs is 8. The Bertz CT molecular complexity index is 2820. The molecule has 0 aliphatic rings. The highest BCUT2D eigenvalue weighted by Gasteiger charge is 2.24. The van der Waals surface area contributed by atoms with E-state index in [1.807, 2.05) is 22.7 Å². The molecule has 11 rings (SSSR count). The molecule has 3 heterocycles. The highest BCUT2D eigenvalue weighted by atomic mass is 32.1. The molecule has 4 heteroatoms. The number of rotatable bonds is 4. The zero-order valence-electron chi connectivity index (χ0n) is 25.7. The van der Waals surface area contributed by atoms with Crippen molar-refractivity contribution in [3.05, 3.63) is 158 Å². The molecular weight excluding hydrogens is 621 g/mol. The SMILES string of the molecule is c1ccc(N(c2ccccc2)c2cccc(-n3c4cc5sc6ccccc6c5c5ccc6c7c(cc3c6c54)sc3ccccc37)c2)cc1. The molecule has 0 aliphatic carbocycles. The minimum absolute atomic E-state index is 1.12. The first kappa shape index (κ1) is 26.4. The van der Waals surface area contributed by atoms with Gasteiger partial charge in [0, 0.05) is 73.9 Å². The first-order valence-corrected chi connectivity index (χ1v) is 17.9. The Kier molecular flexibility index (Phi) is 5.45. The van der Waals surface area contributed by atoms with Gasteiger partial charge in [0.05, 0.1) is 11.0 Å². The predicted molar refractivity (Wildman–Crippen MR) is 210 cm³/mol. The molecule has 0 amide bonds. The van der Waals surface area contributed by atoms with Crippen molar-refractivity contribution >= 4 is 113 Å². The van der Waals surface area contributed by atoms with Crippen LogP contribution in [0.1, 0.15) is 0 Å². The highest BCUT2D eigenvalue weighted by molar-refractivity contribution is 7.26. The van der Waals surface area contributed by atoms with Crippen LogP contribution in [0.5, 0.6) is 0 Å². The van der Waals surface area contributed by atoms with Crippen molar-refractivity contribution in [1.29, 1.82) is 0 Å². The molecule has 0 bridgehead atoms. The summed E-state index contributed by atoms with van der Waals surface area (Å²) in [6.45, 7) is 0. The van der Waals surface area contributed by atoms with E-state index >= 15 is 0 Å². The van der Waals surface area contributed by atoms with E-state index in [4.69, 9.17) is 0 Å². The third-order valence-corrected chi connectivity index (χ3v) is 12.1. The average molecular weight is 647 g/mol. The molecule has 224 valence electrons. The normalized spacial score (nSPS) is 12.2. The van der Waals surface area contributed by atoms with Crippen molar-refractivity contribution < 1.29 is 0 Å². The van der Waals surface area contributed by atoms with Crippen molar-refractivity contribution in [3.63, 3.8) is 0 Å². The highest BCUT2D eigenvalue weighted by Crippen LogP contribution is 2.50. The first-order valence-electron chi connectivity index (χ1n) is 16.3. The van der Waals surface area contributed by atoms with E-state index in [0.29, 0.717) is 0 Å². The van der Waals surface area contributed by atoms with E-state index in [0.717, 1.165) is 22.7 Å². The molecule has 0 radical (unpaired) electrons. The van der Waals surface area contributed by atoms with Gasteiger partial charge >= 0.3 is 0 Å². The Morgan fingerprint density at radius 1 is 0.354 bits per heavy atom. The summed E-state index contributed by atoms with van der Waals surface area (Å²) in [5.74, 6) is 0. The second kappa shape index (κ2) is 9.91. The van der Waals surface area contributed by atoms with Gasteiger partial charge in [-0.15, -0.1) is 22.7 Å². The number of hydrogen-bond acceptors (Lipinski definition) is 3. The van der Waals surface area contributed by atoms with Gasteiger partial charge in [-0.25, -0.2) is 0 Å². The molecule has 48 heavy (non-hydrogen) atoms. The number of benzene rings is 8. The molecule has 0 saturated carbocycles. The summed E-state index contributed by atoms with van der Waals surface area (Å²) in [4.78, 5) is 2.35. The largest absolute Gasteiger partial charge is 0.310 e. The van der Waals surface area contributed by atoms with Gasteiger partial charge in [-0.2, -0.15) is 0 Å². The van der Waals surface area contributed by atoms with Crippen molar-refractivity contribution in [2.75, 3.05) is 4.90 Å². The molecule has 0 aliphatic heterocycles. The van der Waals surface area contributed by atoms with Gasteiger partial charge in [0.15, 0.2) is 0 Å². The lowest BCUT2D eigenvalue weighted by atomic mass is 9.96. The molecule has 0 fully saturated rings. The fourth-order valence-electron chi connectivity index (χ4n) is 7.97. The van der Waals surface area contributed by atoms with Crippen molar-refractivity contribution in [2.45, 2.75) is 0 Å². The Balaban J connectivity index is 1.28. The fraction of sp³-hybridized carbons (Fsp3) is 0. The lowest BCUT2D eigenvalue weighted by Crippen LogP contribution is -2.10. The molecule has 0 unspecified atom stereocenters. The van der Waals surface area contributed by atoms with E-state index in [1.165, 1.54) is 72.9 Å². The van der Waals surface area contributed by atoms with Gasteiger partial charge in [-0.3, -0.25) is 0 Å². The number of aromatic nitrogens is 1. The van der Waals surface area contributed by atoms with Gasteiger partial charge in [0.25, 0.3) is 0 Å². The van der Waals surface area contributed by atoms with Crippen LogP contribution in [-0.2, 0) is 0 Å². The van der Waals surface area contributed by atoms with Gasteiger partial charge in [-0.05, 0) is 77.5 Å². The van der Waals surface area contributed by atoms with Crippen LogP contribution in [0.4, 0.5) is 17.1 Å². The summed E-state index contributed by atoms with van der Waals surface area (Å²) in [6.07, 6.45) is 0. The van der Waals surface area contributed by atoms with Crippen molar-refractivity contribution in [1.82, 2.24) is 4.57 Å². The average Bonchev–Trinajstić information content (AvgIpc) is 3.81. The molecule has 8 aromatic carbocycles. The maximum atomic E-state index is 2.52. The summed E-state index contributed by atoms with van der Waals surface area (Å²) >= 11 is 3.79. The first-order chi connectivity index (χ1) is 23.8. The van der Waals surface area contributed by atoms with E-state index in [-0.39, 0.29) is 0 Å². The summed E-state index contributed by atoms with van der Waals surface area (Å²) < 4.78 is 7.85. The monoisotopic (exact) mass is 646 g/mol. The Morgan fingerprint density at radius 3 is 1.38 bits per heavy atom. The van der Waals surface area contributed by atoms with Crippen LogP contribution in [0.25, 0.3) is 78.6 Å². The lowest BCUT2D eigenvalue weighted by molar-refractivity contribution is 1.17. The molecule has 0 spiro atoms. The summed E-state index contributed by atoms with van der Waals surface area (Å²) in [5.41, 5.74) is 7.07. The van der Waals surface area contributed by atoms with Crippen molar-refractivity contribution in [3.8, 4) is 5.69 Å². The minimum atomic E-state index is 1.12. The van der Waals surface area contributed by atoms with Crippen LogP contribution in [0.2, 0.25) is 0 Å². The fourth-order valence-corrected chi connectivity index (χ4v) is 10.3. The quantitative estimate of drug-likeness (QED) is 0.173. The molecule has 2 nitrogen and oxygen atoms in total. The van der Waals surface area contributed by atoms with Crippen LogP contribution < -0.4 is 4.90 Å². The number of nitrogens with zero attached hydrogens (tertiary/aromatic N) is 2. The third-order valence-electron chi connectivity index (χ3n) is 9.89. The van der Waals surface area contributed by atoms with Gasteiger partial charge in [0.1, 0.15) is 0 Å². The smallest absolute Gasteiger partial charge is 0.0561 e. The number of hydrogen-bond donors (Lipinski definition) is 0.